The normalized spacial score (nSPS) is 27.6. The van der Waals surface area contributed by atoms with E-state index in [-0.39, 0.29) is 17.7 Å². The van der Waals surface area contributed by atoms with Gasteiger partial charge in [-0.2, -0.15) is 5.26 Å². The van der Waals surface area contributed by atoms with Gasteiger partial charge in [-0.05, 0) is 51.3 Å². The number of nitriles is 1. The highest BCUT2D eigenvalue weighted by molar-refractivity contribution is 5.64. The third-order valence-corrected chi connectivity index (χ3v) is 4.18. The zero-order chi connectivity index (χ0) is 14.3. The summed E-state index contributed by atoms with van der Waals surface area (Å²) in [6.45, 7) is 4.85. The third-order valence-electron chi connectivity index (χ3n) is 4.18. The quantitative estimate of drug-likeness (QED) is 0.853. The maximum Gasteiger partial charge on any atom is 0.143 e. The second-order valence-electron chi connectivity index (χ2n) is 6.35. The lowest BCUT2D eigenvalue weighted by Crippen LogP contribution is -2.53. The summed E-state index contributed by atoms with van der Waals surface area (Å²) >= 11 is 0. The van der Waals surface area contributed by atoms with Gasteiger partial charge in [0.15, 0.2) is 0 Å². The Bertz CT molecular complexity index is 562. The maximum absolute atomic E-state index is 10.2. The van der Waals surface area contributed by atoms with Gasteiger partial charge in [0.2, 0.25) is 0 Å². The van der Waals surface area contributed by atoms with Gasteiger partial charge >= 0.3 is 0 Å². The number of rotatable bonds is 1. The van der Waals surface area contributed by atoms with E-state index in [0.29, 0.717) is 5.56 Å². The van der Waals surface area contributed by atoms with E-state index in [2.05, 4.69) is 24.8 Å². The Morgan fingerprint density at radius 2 is 2.20 bits per heavy atom. The summed E-state index contributed by atoms with van der Waals surface area (Å²) in [5.74, 6) is 0.805. The molecule has 1 heterocycles. The maximum atomic E-state index is 10.2. The molecule has 1 fully saturated rings. The molecule has 1 aromatic rings. The van der Waals surface area contributed by atoms with Gasteiger partial charge < -0.3 is 14.7 Å². The molecule has 1 N–H and O–H groups in total. The van der Waals surface area contributed by atoms with E-state index in [1.54, 1.807) is 6.07 Å². The third kappa shape index (κ3) is 2.23. The minimum Gasteiger partial charge on any atom is -0.484 e. The molecule has 0 spiro atoms. The predicted molar refractivity (Wildman–Crippen MR) is 76.9 cm³/mol. The fourth-order valence-electron chi connectivity index (χ4n) is 3.30. The summed E-state index contributed by atoms with van der Waals surface area (Å²) < 4.78 is 6.01. The monoisotopic (exact) mass is 272 g/mol. The Balaban J connectivity index is 2.04. The van der Waals surface area contributed by atoms with Gasteiger partial charge in [-0.1, -0.05) is 0 Å². The molecule has 0 radical (unpaired) electrons. The van der Waals surface area contributed by atoms with E-state index < -0.39 is 0 Å². The van der Waals surface area contributed by atoms with Crippen molar-refractivity contribution in [2.75, 3.05) is 11.4 Å². The van der Waals surface area contributed by atoms with Gasteiger partial charge in [-0.25, -0.2) is 0 Å². The number of hydrogen-bond acceptors (Lipinski definition) is 4. The molecule has 2 aliphatic rings. The van der Waals surface area contributed by atoms with Crippen molar-refractivity contribution in [1.29, 1.82) is 5.26 Å². The van der Waals surface area contributed by atoms with Crippen LogP contribution < -0.4 is 9.64 Å². The van der Waals surface area contributed by atoms with Gasteiger partial charge in [0.25, 0.3) is 0 Å². The average molecular weight is 272 g/mol. The summed E-state index contributed by atoms with van der Waals surface area (Å²) in [5, 5.41) is 19.3. The second-order valence-corrected chi connectivity index (χ2v) is 6.35. The van der Waals surface area contributed by atoms with Gasteiger partial charge in [0.05, 0.1) is 36.0 Å². The van der Waals surface area contributed by atoms with Crippen molar-refractivity contribution in [2.45, 2.75) is 50.9 Å². The number of anilines is 1. The highest BCUT2D eigenvalue weighted by Crippen LogP contribution is 2.41. The standard InChI is InChI=1S/C16H20N2O2/c1-16(2)10-18(12-4-3-5-14(12)19)13-8-11(9-17)6-7-15(13)20-16/h6-8,12,14,19H,3-5,10H2,1-2H3. The molecule has 0 aromatic heterocycles. The number of aliphatic hydroxyl groups is 1. The summed E-state index contributed by atoms with van der Waals surface area (Å²) in [6.07, 6.45) is 2.61. The number of nitrogens with zero attached hydrogens (tertiary/aromatic N) is 2. The van der Waals surface area contributed by atoms with Crippen molar-refractivity contribution in [2.24, 2.45) is 0 Å². The van der Waals surface area contributed by atoms with Crippen molar-refractivity contribution >= 4 is 5.69 Å². The lowest BCUT2D eigenvalue weighted by atomic mass is 10.0. The number of benzene rings is 1. The first kappa shape index (κ1) is 13.3. The Labute approximate surface area is 119 Å². The van der Waals surface area contributed by atoms with Crippen LogP contribution in [0, 0.1) is 11.3 Å². The van der Waals surface area contributed by atoms with Crippen LogP contribution in [0.2, 0.25) is 0 Å². The fourth-order valence-corrected chi connectivity index (χ4v) is 3.30. The van der Waals surface area contributed by atoms with Gasteiger partial charge in [-0.3, -0.25) is 0 Å². The van der Waals surface area contributed by atoms with Crippen LogP contribution in [0.25, 0.3) is 0 Å². The largest absolute Gasteiger partial charge is 0.484 e. The minimum atomic E-state index is -0.289. The van der Waals surface area contributed by atoms with Crippen molar-refractivity contribution in [1.82, 2.24) is 0 Å². The molecule has 0 bridgehead atoms. The molecule has 4 nitrogen and oxygen atoms in total. The van der Waals surface area contributed by atoms with Gasteiger partial charge in [-0.15, -0.1) is 0 Å². The van der Waals surface area contributed by atoms with Crippen LogP contribution in [0.3, 0.4) is 0 Å². The lowest BCUT2D eigenvalue weighted by Gasteiger charge is -2.44. The van der Waals surface area contributed by atoms with Crippen molar-refractivity contribution in [3.8, 4) is 11.8 Å². The van der Waals surface area contributed by atoms with Gasteiger partial charge in [0.1, 0.15) is 11.4 Å². The molecule has 3 rings (SSSR count). The second kappa shape index (κ2) is 4.68. The zero-order valence-electron chi connectivity index (χ0n) is 12.0. The molecule has 20 heavy (non-hydrogen) atoms. The van der Waals surface area contributed by atoms with Crippen LogP contribution >= 0.6 is 0 Å². The molecule has 106 valence electrons. The fraction of sp³-hybridized carbons (Fsp3) is 0.562. The smallest absolute Gasteiger partial charge is 0.143 e. The molecule has 1 aliphatic carbocycles. The number of hydrogen-bond donors (Lipinski definition) is 1. The van der Waals surface area contributed by atoms with Crippen molar-refractivity contribution in [3.63, 3.8) is 0 Å². The molecular formula is C16H20N2O2. The van der Waals surface area contributed by atoms with E-state index in [0.717, 1.165) is 37.2 Å². The van der Waals surface area contributed by atoms with Crippen molar-refractivity contribution < 1.29 is 9.84 Å². The number of ether oxygens (including phenoxy) is 1. The van der Waals surface area contributed by atoms with E-state index in [1.165, 1.54) is 0 Å². The van der Waals surface area contributed by atoms with Crippen LogP contribution in [-0.4, -0.2) is 29.4 Å². The summed E-state index contributed by atoms with van der Waals surface area (Å²) in [5.41, 5.74) is 1.28. The Kier molecular flexibility index (Phi) is 3.10. The Hall–Kier alpha value is -1.73. The predicted octanol–water partition coefficient (Wildman–Crippen LogP) is 2.45. The van der Waals surface area contributed by atoms with Crippen molar-refractivity contribution in [3.05, 3.63) is 23.8 Å². The van der Waals surface area contributed by atoms with Crippen LogP contribution in [0.4, 0.5) is 5.69 Å². The Morgan fingerprint density at radius 3 is 2.85 bits per heavy atom. The SMILES string of the molecule is CC1(C)CN(C2CCCC2O)c2cc(C#N)ccc2O1. The highest BCUT2D eigenvalue weighted by Gasteiger charge is 2.39. The zero-order valence-corrected chi connectivity index (χ0v) is 12.0. The first-order valence-electron chi connectivity index (χ1n) is 7.18. The van der Waals surface area contributed by atoms with Gasteiger partial charge in [0, 0.05) is 0 Å². The summed E-state index contributed by atoms with van der Waals surface area (Å²) in [6, 6.07) is 7.82. The lowest BCUT2D eigenvalue weighted by molar-refractivity contribution is 0.0901. The molecule has 2 atom stereocenters. The molecule has 1 aliphatic heterocycles. The van der Waals surface area contributed by atoms with Crippen LogP contribution in [0.15, 0.2) is 18.2 Å². The minimum absolute atomic E-state index is 0.130. The molecule has 0 saturated heterocycles. The molecule has 1 aromatic carbocycles. The first-order valence-corrected chi connectivity index (χ1v) is 7.18. The molecule has 0 amide bonds. The molecule has 1 saturated carbocycles. The molecule has 4 heteroatoms. The van der Waals surface area contributed by atoms with Crippen LogP contribution in [0.5, 0.6) is 5.75 Å². The van der Waals surface area contributed by atoms with Crippen LogP contribution in [0.1, 0.15) is 38.7 Å². The van der Waals surface area contributed by atoms with E-state index in [4.69, 9.17) is 10.00 Å². The summed E-state index contributed by atoms with van der Waals surface area (Å²) in [4.78, 5) is 2.23. The average Bonchev–Trinajstić information content (AvgIpc) is 2.82. The Morgan fingerprint density at radius 1 is 1.40 bits per heavy atom. The molecular weight excluding hydrogens is 252 g/mol. The van der Waals surface area contributed by atoms with Crippen LogP contribution in [-0.2, 0) is 0 Å². The van der Waals surface area contributed by atoms with E-state index in [9.17, 15) is 5.11 Å². The highest BCUT2D eigenvalue weighted by atomic mass is 16.5. The van der Waals surface area contributed by atoms with E-state index >= 15 is 0 Å². The van der Waals surface area contributed by atoms with E-state index in [1.807, 2.05) is 12.1 Å². The number of aliphatic hydroxyl groups excluding tert-OH is 1. The molecule has 2 unspecified atom stereocenters. The first-order chi connectivity index (χ1) is 9.50. The topological polar surface area (TPSA) is 56.5 Å². The number of fused-ring (bicyclic) bond motifs is 1. The summed E-state index contributed by atoms with van der Waals surface area (Å²) in [7, 11) is 0.